The van der Waals surface area contributed by atoms with Crippen LogP contribution in [0, 0.1) is 17.8 Å². The molecule has 8 nitrogen and oxygen atoms in total. The molecule has 0 aromatic heterocycles. The minimum Gasteiger partial charge on any atom is -0.490 e. The Morgan fingerprint density at radius 3 is 2.80 bits per heavy atom. The van der Waals surface area contributed by atoms with E-state index in [0.29, 0.717) is 36.5 Å². The molecule has 242 valence electrons. The summed E-state index contributed by atoms with van der Waals surface area (Å²) in [6, 6.07) is 11.7. The van der Waals surface area contributed by atoms with Crippen LogP contribution in [0.5, 0.6) is 5.75 Å². The summed E-state index contributed by atoms with van der Waals surface area (Å²) < 4.78 is 18.2. The molecule has 2 aromatic rings. The molecule has 3 heterocycles. The van der Waals surface area contributed by atoms with Gasteiger partial charge in [0, 0.05) is 43.7 Å². The Labute approximate surface area is 270 Å². The van der Waals surface area contributed by atoms with E-state index >= 15 is 0 Å². The van der Waals surface area contributed by atoms with Gasteiger partial charge in [-0.1, -0.05) is 23.7 Å². The molecule has 9 heteroatoms. The van der Waals surface area contributed by atoms with E-state index in [9.17, 15) is 14.7 Å². The number of nitrogens with zero attached hydrogens (tertiary/aromatic N) is 2. The SMILES string of the molecule is COC(=O)[C@]1(O)CC(=O)N(C)CC[C@@H]2CCO[C@@H](C2)[C@@H]2CC[C@H]2CN2C[C@@]3(CCCc4cc(Cl)ccc43)COc3ccc1cc32. The molecule has 2 fully saturated rings. The molecule has 1 amide bonds. The number of methoxy groups -OCH3 is 1. The standard InChI is InChI=1S/C36H45ClN2O6/c1-38-14-11-23-12-15-44-32(16-23)28-8-5-25(28)20-39-21-35(13-3-4-24-17-27(37)7-9-29(24)35)22-45-31-10-6-26(18-30(31)39)36(42,19-33(38)40)34(41)43-2/h6-7,9-10,17-18,23,25,28,32,42H,3-5,8,11-16,19-22H2,1-2H3/t23-,25+,28-,32+,35+,36+/m1/s1. The number of benzene rings is 2. The Hall–Kier alpha value is -2.81. The average Bonchev–Trinajstić information content (AvgIpc) is 3.18. The quantitative estimate of drug-likeness (QED) is 0.428. The molecule has 0 unspecified atom stereocenters. The van der Waals surface area contributed by atoms with Gasteiger partial charge in [-0.05, 0) is 110 Å². The number of halogens is 1. The van der Waals surface area contributed by atoms with E-state index in [0.717, 1.165) is 87.5 Å². The van der Waals surface area contributed by atoms with Crippen molar-refractivity contribution in [1.29, 1.82) is 0 Å². The molecular weight excluding hydrogens is 592 g/mol. The lowest BCUT2D eigenvalue weighted by Gasteiger charge is -2.48. The molecule has 2 aromatic carbocycles. The van der Waals surface area contributed by atoms with Crippen LogP contribution in [0.1, 0.15) is 68.1 Å². The number of carbonyl (C=O) groups is 2. The van der Waals surface area contributed by atoms with Gasteiger partial charge >= 0.3 is 5.97 Å². The number of ether oxygens (including phenoxy) is 3. The summed E-state index contributed by atoms with van der Waals surface area (Å²) in [4.78, 5) is 30.8. The third kappa shape index (κ3) is 5.61. The maximum absolute atomic E-state index is 13.5. The highest BCUT2D eigenvalue weighted by Gasteiger charge is 2.47. The summed E-state index contributed by atoms with van der Waals surface area (Å²) in [6.45, 7) is 3.43. The fraction of sp³-hybridized carbons (Fsp3) is 0.611. The van der Waals surface area contributed by atoms with Gasteiger partial charge in [-0.25, -0.2) is 4.79 Å². The van der Waals surface area contributed by atoms with Gasteiger partial charge in [-0.2, -0.15) is 0 Å². The van der Waals surface area contributed by atoms with Gasteiger partial charge in [0.2, 0.25) is 5.91 Å². The normalized spacial score (nSPS) is 33.3. The van der Waals surface area contributed by atoms with Crippen LogP contribution in [-0.2, 0) is 36.5 Å². The average molecular weight is 637 g/mol. The van der Waals surface area contributed by atoms with E-state index in [-0.39, 0.29) is 17.4 Å². The molecule has 1 saturated carbocycles. The molecule has 3 aliphatic heterocycles. The van der Waals surface area contributed by atoms with Crippen molar-refractivity contribution in [3.63, 3.8) is 0 Å². The van der Waals surface area contributed by atoms with Crippen molar-refractivity contribution in [2.24, 2.45) is 17.8 Å². The van der Waals surface area contributed by atoms with Crippen LogP contribution < -0.4 is 9.64 Å². The first-order valence-corrected chi connectivity index (χ1v) is 17.0. The van der Waals surface area contributed by atoms with Crippen molar-refractivity contribution in [1.82, 2.24) is 4.90 Å². The van der Waals surface area contributed by atoms with Gasteiger partial charge in [-0.15, -0.1) is 0 Å². The topological polar surface area (TPSA) is 88.5 Å². The third-order valence-electron chi connectivity index (χ3n) is 11.6. The maximum atomic E-state index is 13.5. The van der Waals surface area contributed by atoms with Crippen molar-refractivity contribution in [2.75, 3.05) is 51.9 Å². The summed E-state index contributed by atoms with van der Waals surface area (Å²) in [7, 11) is 3.00. The van der Waals surface area contributed by atoms with E-state index in [1.165, 1.54) is 18.2 Å². The highest BCUT2D eigenvalue weighted by molar-refractivity contribution is 6.30. The highest BCUT2D eigenvalue weighted by Crippen LogP contribution is 2.48. The number of hydrogen-bond acceptors (Lipinski definition) is 7. The Bertz CT molecular complexity index is 1470. The second-order valence-corrected chi connectivity index (χ2v) is 14.7. The molecule has 1 spiro atoms. The summed E-state index contributed by atoms with van der Waals surface area (Å²) in [5.74, 6) is 1.01. The minimum absolute atomic E-state index is 0.235. The third-order valence-corrected chi connectivity index (χ3v) is 11.8. The molecule has 6 atom stereocenters. The first kappa shape index (κ1) is 30.8. The highest BCUT2D eigenvalue weighted by atomic mass is 35.5. The first-order valence-electron chi connectivity index (χ1n) is 16.7. The van der Waals surface area contributed by atoms with Crippen LogP contribution in [0.4, 0.5) is 5.69 Å². The number of rotatable bonds is 1. The number of carbonyl (C=O) groups excluding carboxylic acids is 2. The molecule has 1 saturated heterocycles. The largest absolute Gasteiger partial charge is 0.490 e. The van der Waals surface area contributed by atoms with Crippen LogP contribution in [0.2, 0.25) is 5.02 Å². The van der Waals surface area contributed by atoms with Crippen molar-refractivity contribution in [3.05, 3.63) is 58.1 Å². The summed E-state index contributed by atoms with van der Waals surface area (Å²) in [5, 5.41) is 12.7. The van der Waals surface area contributed by atoms with Crippen molar-refractivity contribution >= 4 is 29.2 Å². The molecule has 1 N–H and O–H groups in total. The first-order chi connectivity index (χ1) is 21.7. The lowest BCUT2D eigenvalue weighted by atomic mass is 9.67. The molecular formula is C36H45ClN2O6. The second-order valence-electron chi connectivity index (χ2n) is 14.2. The number of esters is 1. The van der Waals surface area contributed by atoms with Crippen molar-refractivity contribution in [2.45, 2.75) is 74.9 Å². The van der Waals surface area contributed by atoms with Crippen LogP contribution in [0.3, 0.4) is 0 Å². The van der Waals surface area contributed by atoms with Gasteiger partial charge in [0.05, 0.1) is 31.9 Å². The summed E-state index contributed by atoms with van der Waals surface area (Å²) in [5.41, 5.74) is 1.40. The van der Waals surface area contributed by atoms with Crippen LogP contribution in [-0.4, -0.2) is 75.0 Å². The van der Waals surface area contributed by atoms with Gasteiger partial charge < -0.3 is 29.1 Å². The van der Waals surface area contributed by atoms with E-state index < -0.39 is 18.0 Å². The van der Waals surface area contributed by atoms with Crippen LogP contribution in [0.15, 0.2) is 36.4 Å². The molecule has 4 bridgehead atoms. The number of aliphatic hydroxyl groups is 1. The lowest BCUT2D eigenvalue weighted by Crippen LogP contribution is -2.50. The number of anilines is 1. The molecule has 0 radical (unpaired) electrons. The minimum atomic E-state index is -2.13. The summed E-state index contributed by atoms with van der Waals surface area (Å²) >= 11 is 6.45. The molecule has 45 heavy (non-hydrogen) atoms. The number of hydrogen-bond donors (Lipinski definition) is 1. The van der Waals surface area contributed by atoms with E-state index in [4.69, 9.17) is 25.8 Å². The second kappa shape index (κ2) is 12.1. The van der Waals surface area contributed by atoms with Gasteiger partial charge in [-0.3, -0.25) is 4.79 Å². The fourth-order valence-electron chi connectivity index (χ4n) is 8.74. The van der Waals surface area contributed by atoms with Crippen molar-refractivity contribution < 1.29 is 28.9 Å². The number of fused-ring (bicyclic) bond motifs is 7. The zero-order valence-electron chi connectivity index (χ0n) is 26.4. The molecule has 5 aliphatic rings. The van der Waals surface area contributed by atoms with Gasteiger partial charge in [0.1, 0.15) is 5.75 Å². The predicted molar refractivity (Wildman–Crippen MR) is 172 cm³/mol. The Balaban J connectivity index is 1.33. The van der Waals surface area contributed by atoms with Crippen LogP contribution in [0.25, 0.3) is 0 Å². The molecule has 2 aliphatic carbocycles. The molecule has 7 rings (SSSR count). The fourth-order valence-corrected chi connectivity index (χ4v) is 8.94. The monoisotopic (exact) mass is 636 g/mol. The zero-order chi connectivity index (χ0) is 31.3. The van der Waals surface area contributed by atoms with Crippen LogP contribution >= 0.6 is 11.6 Å². The predicted octanol–water partition coefficient (Wildman–Crippen LogP) is 5.25. The van der Waals surface area contributed by atoms with Gasteiger partial charge in [0.25, 0.3) is 0 Å². The Morgan fingerprint density at radius 2 is 2.00 bits per heavy atom. The van der Waals surface area contributed by atoms with Crippen molar-refractivity contribution in [3.8, 4) is 5.75 Å². The lowest BCUT2D eigenvalue weighted by molar-refractivity contribution is -0.168. The van der Waals surface area contributed by atoms with E-state index in [2.05, 4.69) is 17.0 Å². The number of amides is 1. The zero-order valence-corrected chi connectivity index (χ0v) is 27.2. The van der Waals surface area contributed by atoms with E-state index in [1.807, 2.05) is 18.2 Å². The smallest absolute Gasteiger partial charge is 0.343 e. The Kier molecular flexibility index (Phi) is 8.28. The Morgan fingerprint density at radius 1 is 1.13 bits per heavy atom. The maximum Gasteiger partial charge on any atom is 0.343 e. The van der Waals surface area contributed by atoms with Gasteiger partial charge in [0.15, 0.2) is 5.60 Å². The summed E-state index contributed by atoms with van der Waals surface area (Å²) in [6.07, 6.45) is 8.06. The number of aryl methyl sites for hydroxylation is 1. The van der Waals surface area contributed by atoms with E-state index in [1.54, 1.807) is 18.0 Å².